The number of benzene rings is 1. The molecule has 0 fully saturated rings. The number of aliphatic hydroxyl groups is 1. The first-order valence-electron chi connectivity index (χ1n) is 6.29. The van der Waals surface area contributed by atoms with Crippen molar-refractivity contribution in [3.8, 4) is 5.75 Å². The van der Waals surface area contributed by atoms with Gasteiger partial charge in [0.25, 0.3) is 0 Å². The molecule has 0 bridgehead atoms. The number of rotatable bonds is 6. The second-order valence-corrected chi connectivity index (χ2v) is 4.38. The van der Waals surface area contributed by atoms with Crippen molar-refractivity contribution in [1.29, 1.82) is 0 Å². The second kappa shape index (κ2) is 6.25. The quantitative estimate of drug-likeness (QED) is 0.847. The van der Waals surface area contributed by atoms with Crippen molar-refractivity contribution in [2.24, 2.45) is 0 Å². The van der Waals surface area contributed by atoms with Gasteiger partial charge in [-0.3, -0.25) is 0 Å². The molecule has 20 heavy (non-hydrogen) atoms. The van der Waals surface area contributed by atoms with Crippen molar-refractivity contribution in [3.63, 3.8) is 0 Å². The minimum absolute atomic E-state index is 0.103. The number of hydrogen-bond acceptors (Lipinski definition) is 4. The Morgan fingerprint density at radius 2 is 1.95 bits per heavy atom. The van der Waals surface area contributed by atoms with E-state index in [4.69, 9.17) is 19.4 Å². The summed E-state index contributed by atoms with van der Waals surface area (Å²) in [6, 6.07) is 10.4. The predicted molar refractivity (Wildman–Crippen MR) is 71.9 cm³/mol. The Morgan fingerprint density at radius 3 is 2.50 bits per heavy atom. The maximum Gasteiger partial charge on any atom is 0.371 e. The molecule has 1 unspecified atom stereocenters. The van der Waals surface area contributed by atoms with E-state index in [9.17, 15) is 4.79 Å². The molecule has 1 aromatic heterocycles. The van der Waals surface area contributed by atoms with E-state index < -0.39 is 5.97 Å². The van der Waals surface area contributed by atoms with Crippen LogP contribution in [0.4, 0.5) is 0 Å². The fourth-order valence-electron chi connectivity index (χ4n) is 1.81. The third-order valence-electron chi connectivity index (χ3n) is 2.87. The highest BCUT2D eigenvalue weighted by Crippen LogP contribution is 2.23. The molecule has 106 valence electrons. The highest BCUT2D eigenvalue weighted by atomic mass is 16.5. The molecule has 1 aromatic carbocycles. The lowest BCUT2D eigenvalue weighted by Gasteiger charge is -2.12. The fraction of sp³-hybridized carbons (Fsp3) is 0.267. The normalized spacial score (nSPS) is 12.1. The van der Waals surface area contributed by atoms with Crippen LogP contribution in [0.15, 0.2) is 40.8 Å². The summed E-state index contributed by atoms with van der Waals surface area (Å²) in [5.41, 5.74) is 1.03. The van der Waals surface area contributed by atoms with Crippen molar-refractivity contribution < 1.29 is 24.2 Å². The number of carboxylic acid groups (broad SMARTS) is 1. The standard InChI is InChI=1S/C15H16O5/c1-10(13-6-7-14(20-13)15(17)18)19-12-4-2-11(3-5-12)8-9-16/h2-7,10,16H,8-9H2,1H3,(H,17,18). The molecule has 5 nitrogen and oxygen atoms in total. The zero-order valence-electron chi connectivity index (χ0n) is 11.1. The summed E-state index contributed by atoms with van der Waals surface area (Å²) < 4.78 is 10.9. The lowest BCUT2D eigenvalue weighted by molar-refractivity contribution is 0.0655. The molecule has 0 aliphatic heterocycles. The summed E-state index contributed by atoms with van der Waals surface area (Å²) in [5, 5.41) is 17.6. The molecular weight excluding hydrogens is 260 g/mol. The molecule has 0 saturated carbocycles. The molecule has 5 heteroatoms. The van der Waals surface area contributed by atoms with E-state index in [0.717, 1.165) is 5.56 Å². The Morgan fingerprint density at radius 1 is 1.25 bits per heavy atom. The zero-order valence-corrected chi connectivity index (χ0v) is 11.1. The van der Waals surface area contributed by atoms with Crippen molar-refractivity contribution in [2.45, 2.75) is 19.4 Å². The van der Waals surface area contributed by atoms with Crippen LogP contribution in [0, 0.1) is 0 Å². The highest BCUT2D eigenvalue weighted by molar-refractivity contribution is 5.84. The topological polar surface area (TPSA) is 79.9 Å². The van der Waals surface area contributed by atoms with Gasteiger partial charge in [-0.1, -0.05) is 12.1 Å². The first kappa shape index (κ1) is 14.1. The summed E-state index contributed by atoms with van der Waals surface area (Å²) in [5.74, 6) is -0.0835. The summed E-state index contributed by atoms with van der Waals surface area (Å²) in [7, 11) is 0. The van der Waals surface area contributed by atoms with Crippen molar-refractivity contribution in [3.05, 3.63) is 53.5 Å². The number of furan rings is 1. The molecule has 0 radical (unpaired) electrons. The molecule has 1 heterocycles. The largest absolute Gasteiger partial charge is 0.483 e. The minimum atomic E-state index is -1.10. The van der Waals surface area contributed by atoms with Gasteiger partial charge in [-0.25, -0.2) is 4.79 Å². The Bertz CT molecular complexity index is 570. The Hall–Kier alpha value is -2.27. The summed E-state index contributed by atoms with van der Waals surface area (Å²) >= 11 is 0. The predicted octanol–water partition coefficient (Wildman–Crippen LogP) is 2.65. The molecule has 1 atom stereocenters. The van der Waals surface area contributed by atoms with Crippen LogP contribution in [0.2, 0.25) is 0 Å². The van der Waals surface area contributed by atoms with Gasteiger partial charge in [0.1, 0.15) is 11.5 Å². The third-order valence-corrected chi connectivity index (χ3v) is 2.87. The van der Waals surface area contributed by atoms with E-state index in [1.54, 1.807) is 13.0 Å². The Labute approximate surface area is 116 Å². The number of aliphatic hydroxyl groups excluding tert-OH is 1. The Balaban J connectivity index is 2.02. The monoisotopic (exact) mass is 276 g/mol. The van der Waals surface area contributed by atoms with E-state index in [1.165, 1.54) is 6.07 Å². The number of carboxylic acids is 1. The molecule has 0 aliphatic rings. The van der Waals surface area contributed by atoms with E-state index in [0.29, 0.717) is 17.9 Å². The van der Waals surface area contributed by atoms with Gasteiger partial charge in [0, 0.05) is 6.61 Å². The lowest BCUT2D eigenvalue weighted by atomic mass is 10.1. The molecular formula is C15H16O5. The smallest absolute Gasteiger partial charge is 0.371 e. The van der Waals surface area contributed by atoms with Gasteiger partial charge in [-0.05, 0) is 43.2 Å². The minimum Gasteiger partial charge on any atom is -0.483 e. The maximum atomic E-state index is 10.7. The number of aromatic carboxylic acids is 1. The van der Waals surface area contributed by atoms with Crippen LogP contribution in [0.25, 0.3) is 0 Å². The first-order chi connectivity index (χ1) is 9.60. The average Bonchev–Trinajstić information content (AvgIpc) is 2.91. The third kappa shape index (κ3) is 3.39. The van der Waals surface area contributed by atoms with Gasteiger partial charge >= 0.3 is 5.97 Å². The van der Waals surface area contributed by atoms with E-state index in [1.807, 2.05) is 24.3 Å². The van der Waals surface area contributed by atoms with Gasteiger partial charge in [0.05, 0.1) is 0 Å². The summed E-state index contributed by atoms with van der Waals surface area (Å²) in [6.45, 7) is 1.90. The van der Waals surface area contributed by atoms with Crippen LogP contribution < -0.4 is 4.74 Å². The SMILES string of the molecule is CC(Oc1ccc(CCO)cc1)c1ccc(C(=O)O)o1. The van der Waals surface area contributed by atoms with Gasteiger partial charge in [-0.2, -0.15) is 0 Å². The van der Waals surface area contributed by atoms with Gasteiger partial charge in [-0.15, -0.1) is 0 Å². The van der Waals surface area contributed by atoms with E-state index in [2.05, 4.69) is 0 Å². The van der Waals surface area contributed by atoms with Crippen LogP contribution in [0.1, 0.15) is 34.9 Å². The molecule has 2 rings (SSSR count). The molecule has 2 aromatic rings. The fourth-order valence-corrected chi connectivity index (χ4v) is 1.81. The number of carbonyl (C=O) groups is 1. The number of hydrogen-bond donors (Lipinski definition) is 2. The molecule has 2 N–H and O–H groups in total. The van der Waals surface area contributed by atoms with Crippen LogP contribution >= 0.6 is 0 Å². The van der Waals surface area contributed by atoms with Gasteiger partial charge < -0.3 is 19.4 Å². The first-order valence-corrected chi connectivity index (χ1v) is 6.29. The van der Waals surface area contributed by atoms with E-state index >= 15 is 0 Å². The van der Waals surface area contributed by atoms with Crippen molar-refractivity contribution in [2.75, 3.05) is 6.61 Å². The van der Waals surface area contributed by atoms with Crippen LogP contribution in [0.5, 0.6) is 5.75 Å². The van der Waals surface area contributed by atoms with Gasteiger partial charge in [0.15, 0.2) is 6.10 Å². The molecule has 0 saturated heterocycles. The molecule has 0 spiro atoms. The highest BCUT2D eigenvalue weighted by Gasteiger charge is 2.15. The summed E-state index contributed by atoms with van der Waals surface area (Å²) in [4.78, 5) is 10.7. The van der Waals surface area contributed by atoms with Gasteiger partial charge in [0.2, 0.25) is 5.76 Å². The van der Waals surface area contributed by atoms with E-state index in [-0.39, 0.29) is 18.5 Å². The average molecular weight is 276 g/mol. The summed E-state index contributed by atoms with van der Waals surface area (Å²) in [6.07, 6.45) is 0.225. The maximum absolute atomic E-state index is 10.7. The Kier molecular flexibility index (Phi) is 4.42. The van der Waals surface area contributed by atoms with Crippen LogP contribution in [0.3, 0.4) is 0 Å². The molecule has 0 amide bonds. The van der Waals surface area contributed by atoms with Crippen molar-refractivity contribution >= 4 is 5.97 Å². The second-order valence-electron chi connectivity index (χ2n) is 4.38. The van der Waals surface area contributed by atoms with Crippen molar-refractivity contribution in [1.82, 2.24) is 0 Å². The molecule has 0 aliphatic carbocycles. The number of ether oxygens (including phenoxy) is 1. The zero-order chi connectivity index (χ0) is 14.5. The van der Waals surface area contributed by atoms with Crippen LogP contribution in [-0.4, -0.2) is 22.8 Å². The lowest BCUT2D eigenvalue weighted by Crippen LogP contribution is -2.02. The van der Waals surface area contributed by atoms with Crippen LogP contribution in [-0.2, 0) is 6.42 Å².